The van der Waals surface area contributed by atoms with Crippen molar-refractivity contribution in [2.75, 3.05) is 14.2 Å². The van der Waals surface area contributed by atoms with Crippen molar-refractivity contribution in [1.82, 2.24) is 0 Å². The number of methoxy groups -OCH3 is 2. The van der Waals surface area contributed by atoms with Gasteiger partial charge in [-0.1, -0.05) is 0 Å². The van der Waals surface area contributed by atoms with E-state index in [9.17, 15) is 0 Å². The first kappa shape index (κ1) is 25.5. The molecule has 166 valence electrons. The molecule has 9 nitrogen and oxygen atoms in total. The summed E-state index contributed by atoms with van der Waals surface area (Å²) < 4.78 is 16.8. The molecule has 0 aliphatic carbocycles. The van der Waals surface area contributed by atoms with E-state index in [-0.39, 0.29) is 36.7 Å². The number of nitrogens with zero attached hydrogens (tertiary/aromatic N) is 2. The molecule has 0 aliphatic rings. The normalized spacial score (nSPS) is 9.61. The van der Waals surface area contributed by atoms with Crippen LogP contribution in [0.25, 0.3) is 22.5 Å². The molecule has 0 bridgehead atoms. The van der Waals surface area contributed by atoms with Gasteiger partial charge in [0.1, 0.15) is 17.3 Å². The molecule has 11 heteroatoms. The number of hydrogen-bond acceptors (Lipinski definition) is 5. The first-order chi connectivity index (χ1) is 13.9. The lowest BCUT2D eigenvalue weighted by Crippen LogP contribution is -2.21. The van der Waals surface area contributed by atoms with Gasteiger partial charge in [0.2, 0.25) is 0 Å². The molecule has 0 spiro atoms. The SMILES string of the molecule is COc1cc(N=C(N)N)ccc1-c1ccoc1-c1ccc(N=C(N)N)cc1OC.Cl.Cl. The predicted octanol–water partition coefficient (Wildman–Crippen LogP) is 3.28. The van der Waals surface area contributed by atoms with E-state index in [1.165, 1.54) is 0 Å². The van der Waals surface area contributed by atoms with E-state index in [0.717, 1.165) is 16.7 Å². The van der Waals surface area contributed by atoms with Crippen LogP contribution in [-0.4, -0.2) is 26.1 Å². The molecule has 3 rings (SSSR count). The van der Waals surface area contributed by atoms with E-state index in [1.54, 1.807) is 44.7 Å². The van der Waals surface area contributed by atoms with Crippen LogP contribution in [0.3, 0.4) is 0 Å². The number of halogens is 2. The molecular formula is C20H24Cl2N6O3. The average Bonchev–Trinajstić information content (AvgIpc) is 3.16. The van der Waals surface area contributed by atoms with Gasteiger partial charge in [0.25, 0.3) is 0 Å². The summed E-state index contributed by atoms with van der Waals surface area (Å²) in [5, 5.41) is 0. The highest BCUT2D eigenvalue weighted by Gasteiger charge is 2.19. The van der Waals surface area contributed by atoms with Crippen LogP contribution in [0.4, 0.5) is 11.4 Å². The lowest BCUT2D eigenvalue weighted by atomic mass is 10.00. The topological polar surface area (TPSA) is 160 Å². The van der Waals surface area contributed by atoms with Crippen molar-refractivity contribution < 1.29 is 13.9 Å². The van der Waals surface area contributed by atoms with E-state index in [2.05, 4.69) is 9.98 Å². The third-order valence-corrected chi connectivity index (χ3v) is 4.09. The number of guanidine groups is 2. The van der Waals surface area contributed by atoms with Crippen molar-refractivity contribution in [3.8, 4) is 33.9 Å². The first-order valence-corrected chi connectivity index (χ1v) is 8.56. The Morgan fingerprint density at radius 2 is 1.19 bits per heavy atom. The fraction of sp³-hybridized carbons (Fsp3) is 0.100. The van der Waals surface area contributed by atoms with Crippen LogP contribution in [0.2, 0.25) is 0 Å². The second-order valence-corrected chi connectivity index (χ2v) is 6.01. The minimum absolute atomic E-state index is 0. The Balaban J connectivity index is 0.00000240. The molecule has 0 fully saturated rings. The Hall–Kier alpha value is -3.56. The molecule has 0 amide bonds. The number of ether oxygens (including phenoxy) is 2. The standard InChI is InChI=1S/C20H22N6O3.2ClH/c1-27-16-9-11(25-19(21)22)3-5-13(16)14-7-8-29-18(14)15-6-4-12(26-20(23)24)10-17(15)28-2;;/h3-10H,1-2H3,(H4,21,22,25)(H4,23,24,26);2*1H. The van der Waals surface area contributed by atoms with E-state index >= 15 is 0 Å². The second-order valence-electron chi connectivity index (χ2n) is 6.01. The third kappa shape index (κ3) is 5.74. The van der Waals surface area contributed by atoms with Crippen LogP contribution >= 0.6 is 24.8 Å². The zero-order valence-corrected chi connectivity index (χ0v) is 18.5. The molecule has 8 N–H and O–H groups in total. The molecule has 1 heterocycles. The Kier molecular flexibility index (Phi) is 9.04. The zero-order chi connectivity index (χ0) is 21.0. The summed E-state index contributed by atoms with van der Waals surface area (Å²) in [6, 6.07) is 12.5. The summed E-state index contributed by atoms with van der Waals surface area (Å²) in [7, 11) is 3.13. The second kappa shape index (κ2) is 11.0. The van der Waals surface area contributed by atoms with Crippen molar-refractivity contribution >= 4 is 48.1 Å². The van der Waals surface area contributed by atoms with Crippen molar-refractivity contribution in [3.05, 3.63) is 48.7 Å². The maximum absolute atomic E-state index is 5.77. The number of furan rings is 1. The Morgan fingerprint density at radius 1 is 0.710 bits per heavy atom. The summed E-state index contributed by atoms with van der Waals surface area (Å²) in [5.74, 6) is 1.68. The molecule has 0 unspecified atom stereocenters. The van der Waals surface area contributed by atoms with Gasteiger partial charge in [0.15, 0.2) is 11.9 Å². The number of hydrogen-bond donors (Lipinski definition) is 4. The van der Waals surface area contributed by atoms with Crippen LogP contribution in [0.1, 0.15) is 0 Å². The minimum atomic E-state index is -0.0379. The van der Waals surface area contributed by atoms with Gasteiger partial charge in [-0.15, -0.1) is 24.8 Å². The van der Waals surface area contributed by atoms with Crippen LogP contribution in [0.15, 0.2) is 63.1 Å². The largest absolute Gasteiger partial charge is 0.496 e. The van der Waals surface area contributed by atoms with E-state index in [4.69, 9.17) is 36.8 Å². The van der Waals surface area contributed by atoms with Crippen LogP contribution in [0, 0.1) is 0 Å². The number of rotatable bonds is 6. The van der Waals surface area contributed by atoms with Gasteiger partial charge in [-0.2, -0.15) is 0 Å². The fourth-order valence-electron chi connectivity index (χ4n) is 2.94. The number of benzene rings is 2. The van der Waals surface area contributed by atoms with Crippen LogP contribution < -0.4 is 32.4 Å². The summed E-state index contributed by atoms with van der Waals surface area (Å²) in [5.41, 5.74) is 25.3. The third-order valence-electron chi connectivity index (χ3n) is 4.09. The maximum Gasteiger partial charge on any atom is 0.191 e. The van der Waals surface area contributed by atoms with Gasteiger partial charge in [0.05, 0.1) is 37.4 Å². The molecule has 31 heavy (non-hydrogen) atoms. The molecular weight excluding hydrogens is 443 g/mol. The number of nitrogens with two attached hydrogens (primary N) is 4. The van der Waals surface area contributed by atoms with Gasteiger partial charge in [-0.05, 0) is 30.3 Å². The van der Waals surface area contributed by atoms with Gasteiger partial charge < -0.3 is 36.8 Å². The van der Waals surface area contributed by atoms with Crippen LogP contribution in [0.5, 0.6) is 11.5 Å². The predicted molar refractivity (Wildman–Crippen MR) is 128 cm³/mol. The van der Waals surface area contributed by atoms with E-state index in [0.29, 0.717) is 28.6 Å². The monoisotopic (exact) mass is 466 g/mol. The highest BCUT2D eigenvalue weighted by atomic mass is 35.5. The molecule has 1 aromatic heterocycles. The summed E-state index contributed by atoms with van der Waals surface area (Å²) in [4.78, 5) is 8.09. The lowest BCUT2D eigenvalue weighted by molar-refractivity contribution is 0.414. The fourth-order valence-corrected chi connectivity index (χ4v) is 2.94. The van der Waals surface area contributed by atoms with E-state index in [1.807, 2.05) is 18.2 Å². The molecule has 0 saturated carbocycles. The van der Waals surface area contributed by atoms with Crippen molar-refractivity contribution in [2.45, 2.75) is 0 Å². The highest BCUT2D eigenvalue weighted by molar-refractivity contribution is 5.88. The van der Waals surface area contributed by atoms with Gasteiger partial charge in [0, 0.05) is 23.3 Å². The molecule has 2 aromatic carbocycles. The lowest BCUT2D eigenvalue weighted by Gasteiger charge is -2.12. The Labute approximate surface area is 191 Å². The number of aliphatic imine (C=N–C) groups is 2. The Morgan fingerprint density at radius 3 is 1.68 bits per heavy atom. The quantitative estimate of drug-likeness (QED) is 0.320. The molecule has 0 saturated heterocycles. The smallest absolute Gasteiger partial charge is 0.191 e. The molecule has 0 atom stereocenters. The van der Waals surface area contributed by atoms with E-state index < -0.39 is 0 Å². The van der Waals surface area contributed by atoms with Gasteiger partial charge in [-0.3, -0.25) is 0 Å². The molecule has 0 aliphatic heterocycles. The van der Waals surface area contributed by atoms with Gasteiger partial charge in [-0.25, -0.2) is 9.98 Å². The summed E-state index contributed by atoms with van der Waals surface area (Å²) in [6.07, 6.45) is 1.59. The van der Waals surface area contributed by atoms with Crippen molar-refractivity contribution in [1.29, 1.82) is 0 Å². The molecule has 3 aromatic rings. The molecule has 0 radical (unpaired) electrons. The minimum Gasteiger partial charge on any atom is -0.496 e. The van der Waals surface area contributed by atoms with Gasteiger partial charge >= 0.3 is 0 Å². The first-order valence-electron chi connectivity index (χ1n) is 8.56. The maximum atomic E-state index is 5.77. The van der Waals surface area contributed by atoms with Crippen LogP contribution in [-0.2, 0) is 0 Å². The summed E-state index contributed by atoms with van der Waals surface area (Å²) in [6.45, 7) is 0. The summed E-state index contributed by atoms with van der Waals surface area (Å²) >= 11 is 0. The van der Waals surface area contributed by atoms with Crippen molar-refractivity contribution in [2.24, 2.45) is 32.9 Å². The highest BCUT2D eigenvalue weighted by Crippen LogP contribution is 2.43. The average molecular weight is 467 g/mol. The zero-order valence-electron chi connectivity index (χ0n) is 16.9. The van der Waals surface area contributed by atoms with Crippen molar-refractivity contribution in [3.63, 3.8) is 0 Å². The Bertz CT molecular complexity index is 1010.